The number of β-amino-alcohol motifs (C(OH)–C–C–N with tert-alkyl or cyclic N) is 1. The monoisotopic (exact) mass is 573 g/mol. The van der Waals surface area contributed by atoms with Crippen LogP contribution < -0.4 is 20.3 Å². The maximum Gasteiger partial charge on any atom is 0.250 e. The van der Waals surface area contributed by atoms with Gasteiger partial charge in [-0.05, 0) is 42.5 Å². The molecule has 0 spiro atoms. The van der Waals surface area contributed by atoms with Gasteiger partial charge in [-0.1, -0.05) is 35.9 Å². The molecule has 210 valence electrons. The number of aromatic nitrogens is 2. The molecule has 1 fully saturated rings. The number of aliphatic hydroxyl groups is 1. The Hall–Kier alpha value is -4.43. The van der Waals surface area contributed by atoms with Gasteiger partial charge >= 0.3 is 0 Å². The fraction of sp³-hybridized carbons (Fsp3) is 0.233. The van der Waals surface area contributed by atoms with Crippen LogP contribution >= 0.6 is 11.6 Å². The number of anilines is 5. The van der Waals surface area contributed by atoms with Gasteiger partial charge in [0.1, 0.15) is 23.2 Å². The van der Waals surface area contributed by atoms with E-state index in [0.29, 0.717) is 35.3 Å². The topological polar surface area (TPSA) is 90.1 Å². The quantitative estimate of drug-likeness (QED) is 0.199. The second kappa shape index (κ2) is 13.3. The van der Waals surface area contributed by atoms with Crippen LogP contribution in [-0.4, -0.2) is 59.3 Å². The molecule has 0 saturated carbocycles. The third-order valence-electron chi connectivity index (χ3n) is 6.73. The van der Waals surface area contributed by atoms with Crippen molar-refractivity contribution in [2.45, 2.75) is 6.61 Å². The second-order valence-electron chi connectivity index (χ2n) is 9.38. The molecule has 1 aliphatic heterocycles. The van der Waals surface area contributed by atoms with Crippen molar-refractivity contribution in [2.75, 3.05) is 54.9 Å². The number of benzene rings is 3. The number of rotatable bonds is 10. The van der Waals surface area contributed by atoms with Crippen LogP contribution in [0.15, 0.2) is 72.9 Å². The Morgan fingerprint density at radius 3 is 2.51 bits per heavy atom. The largest absolute Gasteiger partial charge is 0.500 e. The highest BCUT2D eigenvalue weighted by Crippen LogP contribution is 2.38. The zero-order valence-electron chi connectivity index (χ0n) is 22.2. The zero-order valence-corrected chi connectivity index (χ0v) is 23.0. The smallest absolute Gasteiger partial charge is 0.250 e. The minimum atomic E-state index is -0.370. The minimum Gasteiger partial charge on any atom is -0.500 e. The first kappa shape index (κ1) is 28.1. The molecule has 3 N–H and O–H groups in total. The molecular weight excluding hydrogens is 545 g/mol. The molecule has 1 aliphatic rings. The number of hydrogen-bond acceptors (Lipinski definition) is 8. The Labute approximate surface area is 243 Å². The number of nitrogens with zero attached hydrogens (tertiary/aromatic N) is 5. The highest BCUT2D eigenvalue weighted by atomic mass is 35.5. The van der Waals surface area contributed by atoms with E-state index >= 15 is 0 Å². The lowest BCUT2D eigenvalue weighted by Gasteiger charge is -2.35. The Kier molecular flexibility index (Phi) is 9.11. The van der Waals surface area contributed by atoms with Crippen LogP contribution in [0.1, 0.15) is 5.56 Å². The van der Waals surface area contributed by atoms with E-state index in [-0.39, 0.29) is 29.7 Å². The van der Waals surface area contributed by atoms with Crippen molar-refractivity contribution in [3.8, 4) is 5.75 Å². The number of aliphatic hydroxyl groups excluding tert-OH is 1. The van der Waals surface area contributed by atoms with Gasteiger partial charge in [0.15, 0.2) is 5.82 Å². The standard InChI is InChI=1S/C30H29ClFN7O2/c1-33-28-26(7-4-8-27(28)41-20-21-5-2-3-6-25(21)32)36-29-24(31)19-34-30(37-29)35-22-9-11-23(12-10-22)39-15-13-38(14-16-39)17-18-40/h2-12,19,40H,13-18,20H2,(H2,34,35,36,37). The van der Waals surface area contributed by atoms with Gasteiger partial charge in [-0.25, -0.2) is 14.2 Å². The number of hydrogen-bond donors (Lipinski definition) is 3. The van der Waals surface area contributed by atoms with Gasteiger partial charge in [0.05, 0.1) is 19.4 Å². The van der Waals surface area contributed by atoms with Crippen molar-refractivity contribution in [1.82, 2.24) is 14.9 Å². The van der Waals surface area contributed by atoms with Gasteiger partial charge in [0, 0.05) is 55.3 Å². The predicted octanol–water partition coefficient (Wildman–Crippen LogP) is 6.00. The maximum absolute atomic E-state index is 14.0. The van der Waals surface area contributed by atoms with Gasteiger partial charge in [0.2, 0.25) is 5.95 Å². The number of para-hydroxylation sites is 1. The molecule has 5 rings (SSSR count). The molecule has 4 aromatic rings. The van der Waals surface area contributed by atoms with Gasteiger partial charge in [-0.2, -0.15) is 4.98 Å². The normalized spacial score (nSPS) is 13.5. The molecule has 9 nitrogen and oxygen atoms in total. The van der Waals surface area contributed by atoms with E-state index in [1.54, 1.807) is 36.4 Å². The van der Waals surface area contributed by atoms with E-state index in [0.717, 1.165) is 37.6 Å². The highest BCUT2D eigenvalue weighted by molar-refractivity contribution is 6.33. The lowest BCUT2D eigenvalue weighted by Crippen LogP contribution is -2.47. The summed E-state index contributed by atoms with van der Waals surface area (Å²) in [7, 11) is 0. The number of piperazine rings is 1. The summed E-state index contributed by atoms with van der Waals surface area (Å²) in [5.41, 5.74) is 3.00. The lowest BCUT2D eigenvalue weighted by atomic mass is 10.2. The van der Waals surface area contributed by atoms with Crippen molar-refractivity contribution in [1.29, 1.82) is 0 Å². The molecule has 0 unspecified atom stereocenters. The van der Waals surface area contributed by atoms with Crippen LogP contribution in [0.4, 0.5) is 38.9 Å². The molecule has 0 amide bonds. The maximum atomic E-state index is 14.0. The van der Waals surface area contributed by atoms with E-state index in [1.165, 1.54) is 12.3 Å². The van der Waals surface area contributed by atoms with Crippen molar-refractivity contribution < 1.29 is 14.2 Å². The molecule has 1 aromatic heterocycles. The fourth-order valence-electron chi connectivity index (χ4n) is 4.52. The summed E-state index contributed by atoms with van der Waals surface area (Å²) in [6, 6.07) is 19.5. The summed E-state index contributed by atoms with van der Waals surface area (Å²) < 4.78 is 19.8. The Morgan fingerprint density at radius 2 is 1.78 bits per heavy atom. The van der Waals surface area contributed by atoms with E-state index in [1.807, 2.05) is 24.3 Å². The van der Waals surface area contributed by atoms with Gasteiger partial charge in [-0.15, -0.1) is 0 Å². The molecule has 41 heavy (non-hydrogen) atoms. The average Bonchev–Trinajstić information content (AvgIpc) is 2.99. The molecule has 11 heteroatoms. The highest BCUT2D eigenvalue weighted by Gasteiger charge is 2.17. The summed E-state index contributed by atoms with van der Waals surface area (Å²) in [4.78, 5) is 17.0. The first-order chi connectivity index (χ1) is 20.0. The van der Waals surface area contributed by atoms with Crippen molar-refractivity contribution in [2.24, 2.45) is 0 Å². The lowest BCUT2D eigenvalue weighted by molar-refractivity contribution is 0.189. The second-order valence-corrected chi connectivity index (χ2v) is 9.79. The fourth-order valence-corrected chi connectivity index (χ4v) is 4.66. The third kappa shape index (κ3) is 7.02. The first-order valence-electron chi connectivity index (χ1n) is 13.2. The van der Waals surface area contributed by atoms with Crippen molar-refractivity contribution in [3.05, 3.63) is 101 Å². The Morgan fingerprint density at radius 1 is 1.00 bits per heavy atom. The number of ether oxygens (including phenoxy) is 1. The predicted molar refractivity (Wildman–Crippen MR) is 159 cm³/mol. The van der Waals surface area contributed by atoms with Crippen LogP contribution in [0.2, 0.25) is 5.02 Å². The summed E-state index contributed by atoms with van der Waals surface area (Å²) in [5, 5.41) is 15.7. The van der Waals surface area contributed by atoms with Gasteiger partial charge < -0.3 is 25.4 Å². The summed E-state index contributed by atoms with van der Waals surface area (Å²) in [6.45, 7) is 12.3. The summed E-state index contributed by atoms with van der Waals surface area (Å²) >= 11 is 6.39. The van der Waals surface area contributed by atoms with Gasteiger partial charge in [0.25, 0.3) is 5.69 Å². The molecule has 1 saturated heterocycles. The molecule has 2 heterocycles. The molecule has 0 bridgehead atoms. The zero-order chi connectivity index (χ0) is 28.6. The number of halogens is 2. The van der Waals surface area contributed by atoms with E-state index in [4.69, 9.17) is 28.0 Å². The Balaban J connectivity index is 1.26. The van der Waals surface area contributed by atoms with E-state index in [2.05, 4.69) is 35.2 Å². The summed E-state index contributed by atoms with van der Waals surface area (Å²) in [6.07, 6.45) is 1.48. The minimum absolute atomic E-state index is 0.0142. The molecular formula is C30H29ClFN7O2. The van der Waals surface area contributed by atoms with Crippen LogP contribution in [0.25, 0.3) is 4.85 Å². The van der Waals surface area contributed by atoms with Crippen LogP contribution in [-0.2, 0) is 6.61 Å². The Bertz CT molecular complexity index is 1520. The van der Waals surface area contributed by atoms with E-state index < -0.39 is 0 Å². The molecule has 0 radical (unpaired) electrons. The summed E-state index contributed by atoms with van der Waals surface area (Å²) in [5.74, 6) is 0.591. The van der Waals surface area contributed by atoms with Crippen molar-refractivity contribution in [3.63, 3.8) is 0 Å². The third-order valence-corrected chi connectivity index (χ3v) is 7.00. The molecule has 3 aromatic carbocycles. The molecule has 0 aliphatic carbocycles. The number of nitrogens with one attached hydrogen (secondary N) is 2. The van der Waals surface area contributed by atoms with E-state index in [9.17, 15) is 4.39 Å². The molecule has 0 atom stereocenters. The van der Waals surface area contributed by atoms with Crippen LogP contribution in [0.5, 0.6) is 5.75 Å². The van der Waals surface area contributed by atoms with Crippen LogP contribution in [0, 0.1) is 12.4 Å². The SMILES string of the molecule is [C-]#[N+]c1c(Nc2nc(Nc3ccc(N4CCN(CCO)CC4)cc3)ncc2Cl)cccc1OCc1ccccc1F. The first-order valence-corrected chi connectivity index (χ1v) is 13.5. The van der Waals surface area contributed by atoms with Gasteiger partial charge in [-0.3, -0.25) is 4.90 Å². The van der Waals surface area contributed by atoms with Crippen LogP contribution in [0.3, 0.4) is 0 Å². The average molecular weight is 574 g/mol. The van der Waals surface area contributed by atoms with Crippen molar-refractivity contribution >= 4 is 46.1 Å².